The predicted molar refractivity (Wildman–Crippen MR) is 92.9 cm³/mol. The number of benzene rings is 1. The largest absolute Gasteiger partial charge is 0.475 e. The minimum atomic E-state index is -1.13. The SMILES string of the molecule is CC(C)n1cnnc1SCC(=O)Nc1ccc2oc(C(=O)O)cc2c1. The van der Waals surface area contributed by atoms with Gasteiger partial charge in [-0.1, -0.05) is 11.8 Å². The number of amides is 1. The standard InChI is InChI=1S/C16H16N4O4S/c1-9(2)20-8-17-19-16(20)25-7-14(21)18-11-3-4-12-10(5-11)6-13(24-12)15(22)23/h3-6,8-9H,7H2,1-2H3,(H,18,21)(H,22,23). The lowest BCUT2D eigenvalue weighted by Gasteiger charge is -2.09. The quantitative estimate of drug-likeness (QED) is 0.650. The van der Waals surface area contributed by atoms with Gasteiger partial charge in [0, 0.05) is 17.1 Å². The van der Waals surface area contributed by atoms with Crippen molar-refractivity contribution in [1.29, 1.82) is 0 Å². The molecule has 2 heterocycles. The molecule has 0 fully saturated rings. The zero-order valence-electron chi connectivity index (χ0n) is 13.6. The average molecular weight is 360 g/mol. The Morgan fingerprint density at radius 3 is 2.88 bits per heavy atom. The summed E-state index contributed by atoms with van der Waals surface area (Å²) in [6, 6.07) is 6.60. The summed E-state index contributed by atoms with van der Waals surface area (Å²) < 4.78 is 7.08. The predicted octanol–water partition coefficient (Wildman–Crippen LogP) is 3.03. The van der Waals surface area contributed by atoms with Crippen LogP contribution in [-0.2, 0) is 4.79 Å². The van der Waals surface area contributed by atoms with Gasteiger partial charge >= 0.3 is 5.97 Å². The molecule has 2 aromatic heterocycles. The maximum Gasteiger partial charge on any atom is 0.371 e. The highest BCUT2D eigenvalue weighted by molar-refractivity contribution is 7.99. The number of anilines is 1. The number of carbonyl (C=O) groups excluding carboxylic acids is 1. The molecule has 0 saturated carbocycles. The van der Waals surface area contributed by atoms with Crippen LogP contribution in [0.1, 0.15) is 30.4 Å². The molecule has 0 radical (unpaired) electrons. The zero-order valence-corrected chi connectivity index (χ0v) is 14.4. The number of aromatic carboxylic acids is 1. The van der Waals surface area contributed by atoms with E-state index in [-0.39, 0.29) is 23.5 Å². The van der Waals surface area contributed by atoms with E-state index < -0.39 is 5.97 Å². The van der Waals surface area contributed by atoms with Crippen LogP contribution in [0.4, 0.5) is 5.69 Å². The second kappa shape index (κ2) is 6.98. The third-order valence-corrected chi connectivity index (χ3v) is 4.40. The van der Waals surface area contributed by atoms with E-state index in [9.17, 15) is 9.59 Å². The topological polar surface area (TPSA) is 110 Å². The van der Waals surface area contributed by atoms with Gasteiger partial charge in [0.1, 0.15) is 11.9 Å². The Labute approximate surface area is 147 Å². The van der Waals surface area contributed by atoms with Crippen LogP contribution in [0.15, 0.2) is 40.2 Å². The number of carboxylic acid groups (broad SMARTS) is 1. The number of hydrogen-bond donors (Lipinski definition) is 2. The van der Waals surface area contributed by atoms with Crippen LogP contribution in [0.5, 0.6) is 0 Å². The van der Waals surface area contributed by atoms with Crippen LogP contribution in [0.25, 0.3) is 11.0 Å². The molecule has 0 aliphatic carbocycles. The highest BCUT2D eigenvalue weighted by Crippen LogP contribution is 2.24. The van der Waals surface area contributed by atoms with Crippen LogP contribution in [-0.4, -0.2) is 37.5 Å². The van der Waals surface area contributed by atoms with Gasteiger partial charge in [-0.05, 0) is 38.1 Å². The lowest BCUT2D eigenvalue weighted by Crippen LogP contribution is -2.14. The zero-order chi connectivity index (χ0) is 18.0. The van der Waals surface area contributed by atoms with E-state index in [4.69, 9.17) is 9.52 Å². The molecule has 0 saturated heterocycles. The number of rotatable bonds is 6. The van der Waals surface area contributed by atoms with Gasteiger partial charge in [-0.3, -0.25) is 4.79 Å². The van der Waals surface area contributed by atoms with Crippen molar-refractivity contribution >= 4 is 40.3 Å². The van der Waals surface area contributed by atoms with E-state index in [1.165, 1.54) is 17.8 Å². The Morgan fingerprint density at radius 1 is 1.36 bits per heavy atom. The van der Waals surface area contributed by atoms with Crippen molar-refractivity contribution in [1.82, 2.24) is 14.8 Å². The second-order valence-corrected chi connectivity index (χ2v) is 6.56. The van der Waals surface area contributed by atoms with Crippen LogP contribution in [0, 0.1) is 0 Å². The minimum absolute atomic E-state index is 0.137. The van der Waals surface area contributed by atoms with Crippen LogP contribution in [0.3, 0.4) is 0 Å². The van der Waals surface area contributed by atoms with Crippen molar-refractivity contribution in [3.63, 3.8) is 0 Å². The van der Waals surface area contributed by atoms with E-state index in [1.54, 1.807) is 24.5 Å². The van der Waals surface area contributed by atoms with E-state index in [0.29, 0.717) is 21.8 Å². The summed E-state index contributed by atoms with van der Waals surface area (Å²) in [5.41, 5.74) is 1.02. The third kappa shape index (κ3) is 3.82. The van der Waals surface area contributed by atoms with Gasteiger partial charge in [-0.15, -0.1) is 10.2 Å². The van der Waals surface area contributed by atoms with Gasteiger partial charge in [0.05, 0.1) is 5.75 Å². The van der Waals surface area contributed by atoms with E-state index in [0.717, 1.165) is 0 Å². The maximum atomic E-state index is 12.1. The molecule has 0 unspecified atom stereocenters. The van der Waals surface area contributed by atoms with E-state index in [1.807, 2.05) is 18.4 Å². The summed E-state index contributed by atoms with van der Waals surface area (Å²) >= 11 is 1.30. The number of nitrogens with zero attached hydrogens (tertiary/aromatic N) is 3. The smallest absolute Gasteiger partial charge is 0.371 e. The van der Waals surface area contributed by atoms with Gasteiger partial charge < -0.3 is 19.4 Å². The fourth-order valence-corrected chi connectivity index (χ4v) is 3.09. The molecule has 0 spiro atoms. The van der Waals surface area contributed by atoms with Crippen molar-refractivity contribution in [3.05, 3.63) is 36.4 Å². The Hall–Kier alpha value is -2.81. The second-order valence-electron chi connectivity index (χ2n) is 5.62. The molecule has 3 rings (SSSR count). The molecular formula is C16H16N4O4S. The number of aromatic nitrogens is 3. The minimum Gasteiger partial charge on any atom is -0.475 e. The van der Waals surface area contributed by atoms with Gasteiger partial charge in [0.15, 0.2) is 5.16 Å². The third-order valence-electron chi connectivity index (χ3n) is 3.44. The molecule has 0 aliphatic heterocycles. The fraction of sp³-hybridized carbons (Fsp3) is 0.250. The Kier molecular flexibility index (Phi) is 4.75. The van der Waals surface area contributed by atoms with Gasteiger partial charge in [0.25, 0.3) is 0 Å². The van der Waals surface area contributed by atoms with Crippen molar-refractivity contribution < 1.29 is 19.1 Å². The molecule has 2 N–H and O–H groups in total. The summed E-state index contributed by atoms with van der Waals surface area (Å²) in [5, 5.41) is 20.9. The molecule has 1 amide bonds. The fourth-order valence-electron chi connectivity index (χ4n) is 2.24. The number of carbonyl (C=O) groups is 2. The van der Waals surface area contributed by atoms with Crippen molar-refractivity contribution in [3.8, 4) is 0 Å². The number of furan rings is 1. The van der Waals surface area contributed by atoms with Crippen molar-refractivity contribution in [2.75, 3.05) is 11.1 Å². The lowest BCUT2D eigenvalue weighted by atomic mass is 10.2. The summed E-state index contributed by atoms with van der Waals surface area (Å²) in [5.74, 6) is -1.27. The van der Waals surface area contributed by atoms with Crippen LogP contribution < -0.4 is 5.32 Å². The molecule has 9 heteroatoms. The van der Waals surface area contributed by atoms with Crippen molar-refractivity contribution in [2.45, 2.75) is 25.0 Å². The first-order valence-electron chi connectivity index (χ1n) is 7.53. The average Bonchev–Trinajstić information content (AvgIpc) is 3.19. The molecule has 25 heavy (non-hydrogen) atoms. The molecule has 8 nitrogen and oxygen atoms in total. The first kappa shape index (κ1) is 17.0. The Bertz CT molecular complexity index is 931. The summed E-state index contributed by atoms with van der Waals surface area (Å²) in [7, 11) is 0. The summed E-state index contributed by atoms with van der Waals surface area (Å²) in [6.07, 6.45) is 1.64. The first-order chi connectivity index (χ1) is 11.9. The molecular weight excluding hydrogens is 344 g/mol. The molecule has 0 aliphatic rings. The van der Waals surface area contributed by atoms with Crippen molar-refractivity contribution in [2.24, 2.45) is 0 Å². The van der Waals surface area contributed by atoms with Crippen LogP contribution in [0.2, 0.25) is 0 Å². The highest BCUT2D eigenvalue weighted by Gasteiger charge is 2.13. The monoisotopic (exact) mass is 360 g/mol. The maximum absolute atomic E-state index is 12.1. The summed E-state index contributed by atoms with van der Waals surface area (Å²) in [4.78, 5) is 23.1. The Balaban J connectivity index is 1.65. The van der Waals surface area contributed by atoms with Gasteiger partial charge in [0.2, 0.25) is 11.7 Å². The molecule has 0 bridgehead atoms. The number of fused-ring (bicyclic) bond motifs is 1. The Morgan fingerprint density at radius 2 is 2.16 bits per heavy atom. The number of carboxylic acids is 1. The highest BCUT2D eigenvalue weighted by atomic mass is 32.2. The number of thioether (sulfide) groups is 1. The molecule has 3 aromatic rings. The lowest BCUT2D eigenvalue weighted by molar-refractivity contribution is -0.113. The van der Waals surface area contributed by atoms with E-state index in [2.05, 4.69) is 15.5 Å². The first-order valence-corrected chi connectivity index (χ1v) is 8.51. The van der Waals surface area contributed by atoms with Crippen LogP contribution >= 0.6 is 11.8 Å². The van der Waals surface area contributed by atoms with E-state index >= 15 is 0 Å². The summed E-state index contributed by atoms with van der Waals surface area (Å²) in [6.45, 7) is 4.03. The van der Waals surface area contributed by atoms with Gasteiger partial charge in [-0.2, -0.15) is 0 Å². The number of hydrogen-bond acceptors (Lipinski definition) is 6. The molecule has 0 atom stereocenters. The molecule has 1 aromatic carbocycles. The van der Waals surface area contributed by atoms with Gasteiger partial charge in [-0.25, -0.2) is 4.79 Å². The number of nitrogens with one attached hydrogen (secondary N) is 1. The molecule has 130 valence electrons. The normalized spacial score (nSPS) is 11.2.